The van der Waals surface area contributed by atoms with Crippen LogP contribution in [0.2, 0.25) is 0 Å². The zero-order valence-corrected chi connectivity index (χ0v) is 13.8. The van der Waals surface area contributed by atoms with Crippen LogP contribution in [0.4, 0.5) is 5.82 Å². The van der Waals surface area contributed by atoms with Gasteiger partial charge < -0.3 is 4.90 Å². The molecule has 0 unspecified atom stereocenters. The SMILES string of the molecule is CC1CC(C)(Cn2cc(CN(C)c3cnc(C#N)cn3)nn2)C1. The number of anilines is 1. The van der Waals surface area contributed by atoms with Crippen LogP contribution in [0.5, 0.6) is 0 Å². The zero-order valence-electron chi connectivity index (χ0n) is 13.8. The number of rotatable bonds is 5. The first kappa shape index (κ1) is 15.4. The van der Waals surface area contributed by atoms with Crippen molar-refractivity contribution in [3.05, 3.63) is 30.0 Å². The summed E-state index contributed by atoms with van der Waals surface area (Å²) in [7, 11) is 1.92. The number of aromatic nitrogens is 5. The van der Waals surface area contributed by atoms with Crippen LogP contribution in [0.15, 0.2) is 18.6 Å². The number of nitrogens with zero attached hydrogens (tertiary/aromatic N) is 7. The van der Waals surface area contributed by atoms with Crippen LogP contribution in [0.1, 0.15) is 38.1 Å². The molecule has 7 nitrogen and oxygen atoms in total. The highest BCUT2D eigenvalue weighted by atomic mass is 15.4. The molecule has 1 aliphatic rings. The van der Waals surface area contributed by atoms with Gasteiger partial charge in [0.25, 0.3) is 0 Å². The van der Waals surface area contributed by atoms with Crippen molar-refractivity contribution in [1.29, 1.82) is 5.26 Å². The van der Waals surface area contributed by atoms with Crippen molar-refractivity contribution in [3.63, 3.8) is 0 Å². The molecule has 0 spiro atoms. The van der Waals surface area contributed by atoms with Gasteiger partial charge in [-0.15, -0.1) is 5.10 Å². The van der Waals surface area contributed by atoms with Gasteiger partial charge in [0, 0.05) is 13.6 Å². The lowest BCUT2D eigenvalue weighted by Crippen LogP contribution is -2.36. The lowest BCUT2D eigenvalue weighted by molar-refractivity contribution is 0.0621. The Bertz CT molecular complexity index is 707. The maximum absolute atomic E-state index is 8.75. The van der Waals surface area contributed by atoms with Gasteiger partial charge >= 0.3 is 0 Å². The van der Waals surface area contributed by atoms with E-state index in [0.29, 0.717) is 23.5 Å². The Hall–Kier alpha value is -2.49. The van der Waals surface area contributed by atoms with E-state index in [1.54, 1.807) is 6.20 Å². The van der Waals surface area contributed by atoms with Crippen molar-refractivity contribution in [3.8, 4) is 6.07 Å². The summed E-state index contributed by atoms with van der Waals surface area (Å²) in [6.45, 7) is 6.13. The molecule has 7 heteroatoms. The van der Waals surface area contributed by atoms with Gasteiger partial charge in [-0.3, -0.25) is 4.68 Å². The molecule has 2 aromatic heterocycles. The second kappa shape index (κ2) is 5.95. The molecule has 0 N–H and O–H groups in total. The van der Waals surface area contributed by atoms with Gasteiger partial charge in [0.2, 0.25) is 0 Å². The molecule has 0 amide bonds. The predicted molar refractivity (Wildman–Crippen MR) is 85.4 cm³/mol. The summed E-state index contributed by atoms with van der Waals surface area (Å²) < 4.78 is 1.94. The normalized spacial score (nSPS) is 23.1. The van der Waals surface area contributed by atoms with Crippen LogP contribution >= 0.6 is 0 Å². The fraction of sp³-hybridized carbons (Fsp3) is 0.562. The van der Waals surface area contributed by atoms with E-state index in [2.05, 4.69) is 34.1 Å². The van der Waals surface area contributed by atoms with Crippen LogP contribution in [0, 0.1) is 22.7 Å². The molecule has 120 valence electrons. The molecule has 1 saturated carbocycles. The van der Waals surface area contributed by atoms with E-state index in [9.17, 15) is 0 Å². The molecule has 3 rings (SSSR count). The Balaban J connectivity index is 1.61. The Kier molecular flexibility index (Phi) is 3.99. The molecule has 1 aliphatic carbocycles. The number of nitriles is 1. The van der Waals surface area contributed by atoms with Gasteiger partial charge in [0.1, 0.15) is 17.6 Å². The Morgan fingerprint density at radius 2 is 2.17 bits per heavy atom. The minimum Gasteiger partial charge on any atom is -0.352 e. The zero-order chi connectivity index (χ0) is 16.4. The molecular formula is C16H21N7. The Labute approximate surface area is 136 Å². The van der Waals surface area contributed by atoms with E-state index < -0.39 is 0 Å². The van der Waals surface area contributed by atoms with Crippen molar-refractivity contribution in [1.82, 2.24) is 25.0 Å². The molecule has 2 heterocycles. The molecule has 0 bridgehead atoms. The second-order valence-corrected chi connectivity index (χ2v) is 6.96. The van der Waals surface area contributed by atoms with Gasteiger partial charge in [0.05, 0.1) is 25.1 Å². The summed E-state index contributed by atoms with van der Waals surface area (Å²) in [5.74, 6) is 1.53. The van der Waals surface area contributed by atoms with Crippen molar-refractivity contribution in [2.45, 2.75) is 39.8 Å². The summed E-state index contributed by atoms with van der Waals surface area (Å²) in [6.07, 6.45) is 7.58. The lowest BCUT2D eigenvalue weighted by Gasteiger charge is -2.43. The average molecular weight is 311 g/mol. The largest absolute Gasteiger partial charge is 0.352 e. The topological polar surface area (TPSA) is 83.5 Å². The fourth-order valence-electron chi connectivity index (χ4n) is 3.53. The monoisotopic (exact) mass is 311 g/mol. The van der Waals surface area contributed by atoms with Gasteiger partial charge in [0.15, 0.2) is 5.69 Å². The quantitative estimate of drug-likeness (QED) is 0.840. The van der Waals surface area contributed by atoms with Crippen LogP contribution in [0.3, 0.4) is 0 Å². The van der Waals surface area contributed by atoms with Gasteiger partial charge in [-0.05, 0) is 24.2 Å². The van der Waals surface area contributed by atoms with Crippen molar-refractivity contribution >= 4 is 5.82 Å². The summed E-state index contributed by atoms with van der Waals surface area (Å²) in [4.78, 5) is 10.2. The Morgan fingerprint density at radius 1 is 1.39 bits per heavy atom. The molecule has 0 aromatic carbocycles. The molecule has 23 heavy (non-hydrogen) atoms. The molecule has 0 radical (unpaired) electrons. The van der Waals surface area contributed by atoms with E-state index in [1.807, 2.05) is 28.9 Å². The smallest absolute Gasteiger partial charge is 0.158 e. The van der Waals surface area contributed by atoms with E-state index in [1.165, 1.54) is 19.0 Å². The van der Waals surface area contributed by atoms with Crippen LogP contribution in [-0.4, -0.2) is 32.0 Å². The third-order valence-corrected chi connectivity index (χ3v) is 4.36. The second-order valence-electron chi connectivity index (χ2n) is 6.96. The van der Waals surface area contributed by atoms with E-state index in [0.717, 1.165) is 18.2 Å². The predicted octanol–water partition coefficient (Wildman–Crippen LogP) is 2.01. The molecular weight excluding hydrogens is 290 g/mol. The van der Waals surface area contributed by atoms with Crippen LogP contribution in [-0.2, 0) is 13.1 Å². The molecule has 0 saturated heterocycles. The van der Waals surface area contributed by atoms with Crippen molar-refractivity contribution < 1.29 is 0 Å². The summed E-state index contributed by atoms with van der Waals surface area (Å²) in [5.41, 5.74) is 1.57. The first-order valence-electron chi connectivity index (χ1n) is 7.80. The van der Waals surface area contributed by atoms with E-state index in [4.69, 9.17) is 5.26 Å². The summed E-state index contributed by atoms with van der Waals surface area (Å²) in [5, 5.41) is 17.2. The molecule has 2 aromatic rings. The third kappa shape index (κ3) is 3.47. The minimum absolute atomic E-state index is 0.316. The fourth-order valence-corrected chi connectivity index (χ4v) is 3.53. The maximum atomic E-state index is 8.75. The molecule has 0 atom stereocenters. The van der Waals surface area contributed by atoms with Gasteiger partial charge in [-0.25, -0.2) is 9.97 Å². The standard InChI is InChI=1S/C16H21N7/c1-12-4-16(2,5-12)11-23-10-14(20-21-23)9-22(3)15-8-18-13(6-17)7-19-15/h7-8,10,12H,4-5,9,11H2,1-3H3. The maximum Gasteiger partial charge on any atom is 0.158 e. The first-order valence-corrected chi connectivity index (χ1v) is 7.80. The number of hydrogen-bond donors (Lipinski definition) is 0. The molecule has 0 aliphatic heterocycles. The van der Waals surface area contributed by atoms with Crippen molar-refractivity contribution in [2.75, 3.05) is 11.9 Å². The van der Waals surface area contributed by atoms with Gasteiger partial charge in [-0.1, -0.05) is 19.1 Å². The third-order valence-electron chi connectivity index (χ3n) is 4.36. The highest BCUT2D eigenvalue weighted by Gasteiger charge is 2.38. The number of hydrogen-bond acceptors (Lipinski definition) is 6. The van der Waals surface area contributed by atoms with Crippen LogP contribution in [0.25, 0.3) is 0 Å². The first-order chi connectivity index (χ1) is 11.0. The molecule has 1 fully saturated rings. The van der Waals surface area contributed by atoms with Gasteiger partial charge in [-0.2, -0.15) is 5.26 Å². The summed E-state index contributed by atoms with van der Waals surface area (Å²) >= 11 is 0. The average Bonchev–Trinajstić information content (AvgIpc) is 2.92. The Morgan fingerprint density at radius 3 is 2.78 bits per heavy atom. The minimum atomic E-state index is 0.316. The van der Waals surface area contributed by atoms with Crippen LogP contribution < -0.4 is 4.90 Å². The highest BCUT2D eigenvalue weighted by Crippen LogP contribution is 2.45. The van der Waals surface area contributed by atoms with E-state index >= 15 is 0 Å². The summed E-state index contributed by atoms with van der Waals surface area (Å²) in [6, 6.07) is 1.96. The lowest BCUT2D eigenvalue weighted by atomic mass is 9.64. The van der Waals surface area contributed by atoms with Crippen molar-refractivity contribution in [2.24, 2.45) is 11.3 Å². The highest BCUT2D eigenvalue weighted by molar-refractivity contribution is 5.36. The van der Waals surface area contributed by atoms with E-state index in [-0.39, 0.29) is 0 Å².